The van der Waals surface area contributed by atoms with Crippen LogP contribution in [0.15, 0.2) is 72.3 Å². The maximum atomic E-state index is 13.4. The molecular weight excluding hydrogens is 476 g/mol. The van der Waals surface area contributed by atoms with Crippen molar-refractivity contribution in [2.75, 3.05) is 18.6 Å². The minimum atomic E-state index is -0.857. The summed E-state index contributed by atoms with van der Waals surface area (Å²) in [4.78, 5) is 32.8. The van der Waals surface area contributed by atoms with Crippen LogP contribution in [-0.4, -0.2) is 35.5 Å². The zero-order valence-electron chi connectivity index (χ0n) is 20.0. The normalized spacial score (nSPS) is 17.1. The summed E-state index contributed by atoms with van der Waals surface area (Å²) in [5.74, 6) is -0.475. The third-order valence-electron chi connectivity index (χ3n) is 6.05. The highest BCUT2D eigenvalue weighted by Gasteiger charge is 2.48. The van der Waals surface area contributed by atoms with Gasteiger partial charge in [-0.05, 0) is 73.5 Å². The molecule has 1 atom stereocenters. The molecule has 1 saturated heterocycles. The first-order chi connectivity index (χ1) is 17.4. The van der Waals surface area contributed by atoms with E-state index < -0.39 is 17.7 Å². The predicted molar refractivity (Wildman–Crippen MR) is 140 cm³/mol. The molecule has 3 aromatic carbocycles. The zero-order chi connectivity index (χ0) is 25.4. The quantitative estimate of drug-likeness (QED) is 0.209. The van der Waals surface area contributed by atoms with Crippen LogP contribution >= 0.6 is 11.3 Å². The Morgan fingerprint density at radius 3 is 2.39 bits per heavy atom. The van der Waals surface area contributed by atoms with E-state index in [1.165, 1.54) is 16.2 Å². The number of carbonyl (C=O) groups excluding carboxylic acids is 2. The molecule has 1 unspecified atom stereocenters. The largest absolute Gasteiger partial charge is 0.507 e. The van der Waals surface area contributed by atoms with Gasteiger partial charge in [-0.25, -0.2) is 4.98 Å². The van der Waals surface area contributed by atoms with Gasteiger partial charge in [-0.15, -0.1) is 0 Å². The van der Waals surface area contributed by atoms with Crippen LogP contribution in [0.25, 0.3) is 16.0 Å². The van der Waals surface area contributed by atoms with Gasteiger partial charge in [-0.1, -0.05) is 29.5 Å². The number of thiazole rings is 1. The molecule has 36 heavy (non-hydrogen) atoms. The van der Waals surface area contributed by atoms with Crippen LogP contribution in [-0.2, 0) is 9.59 Å². The highest BCUT2D eigenvalue weighted by Crippen LogP contribution is 2.44. The summed E-state index contributed by atoms with van der Waals surface area (Å²) in [6, 6.07) is 18.8. The van der Waals surface area contributed by atoms with Crippen molar-refractivity contribution < 1.29 is 24.2 Å². The van der Waals surface area contributed by atoms with E-state index in [4.69, 9.17) is 9.47 Å². The molecular formula is C28H24N2O5S. The number of aliphatic hydroxyl groups excluding tert-OH is 1. The van der Waals surface area contributed by atoms with Gasteiger partial charge in [-0.3, -0.25) is 14.5 Å². The zero-order valence-corrected chi connectivity index (χ0v) is 20.8. The Morgan fingerprint density at radius 2 is 1.72 bits per heavy atom. The smallest absolute Gasteiger partial charge is 0.301 e. The molecule has 0 radical (unpaired) electrons. The molecule has 4 aromatic rings. The van der Waals surface area contributed by atoms with Gasteiger partial charge < -0.3 is 14.6 Å². The predicted octanol–water partition coefficient (Wildman–Crippen LogP) is 5.64. The maximum absolute atomic E-state index is 13.4. The van der Waals surface area contributed by atoms with Crippen LogP contribution < -0.4 is 14.4 Å². The summed E-state index contributed by atoms with van der Waals surface area (Å²) >= 11 is 1.33. The van der Waals surface area contributed by atoms with Crippen molar-refractivity contribution in [1.29, 1.82) is 0 Å². The van der Waals surface area contributed by atoms with Crippen molar-refractivity contribution in [3.8, 4) is 11.5 Å². The maximum Gasteiger partial charge on any atom is 0.301 e. The molecule has 1 aliphatic heterocycles. The summed E-state index contributed by atoms with van der Waals surface area (Å²) in [5.41, 5.74) is 2.88. The van der Waals surface area contributed by atoms with E-state index in [9.17, 15) is 14.7 Å². The summed E-state index contributed by atoms with van der Waals surface area (Å²) < 4.78 is 11.7. The number of carbonyl (C=O) groups is 2. The van der Waals surface area contributed by atoms with Crippen LogP contribution in [0.4, 0.5) is 5.13 Å². The Hall–Kier alpha value is -4.17. The van der Waals surface area contributed by atoms with Crippen LogP contribution in [0.3, 0.4) is 0 Å². The first-order valence-electron chi connectivity index (χ1n) is 11.5. The van der Waals surface area contributed by atoms with E-state index in [2.05, 4.69) is 4.98 Å². The van der Waals surface area contributed by atoms with Crippen molar-refractivity contribution in [3.63, 3.8) is 0 Å². The monoisotopic (exact) mass is 500 g/mol. The number of aliphatic hydroxyl groups is 1. The van der Waals surface area contributed by atoms with Crippen molar-refractivity contribution in [3.05, 3.63) is 89.0 Å². The second kappa shape index (κ2) is 9.47. The molecule has 0 saturated carbocycles. The molecule has 1 amide bonds. The van der Waals surface area contributed by atoms with E-state index in [1.54, 1.807) is 55.6 Å². The van der Waals surface area contributed by atoms with Crippen molar-refractivity contribution in [1.82, 2.24) is 4.98 Å². The second-order valence-corrected chi connectivity index (χ2v) is 9.38. The Bertz CT molecular complexity index is 1490. The number of anilines is 1. The first-order valence-corrected chi connectivity index (χ1v) is 12.3. The SMILES string of the molecule is CCOc1ccc(C(O)=C2C(=O)C(=O)N(c3nc4ccc(C)cc4s3)C2c2ccc(OC)cc2)cc1. The number of hydrogen-bond donors (Lipinski definition) is 1. The lowest BCUT2D eigenvalue weighted by molar-refractivity contribution is -0.132. The van der Waals surface area contributed by atoms with Crippen molar-refractivity contribution >= 4 is 44.1 Å². The molecule has 1 fully saturated rings. The Morgan fingerprint density at radius 1 is 1.03 bits per heavy atom. The van der Waals surface area contributed by atoms with Crippen LogP contribution in [0.5, 0.6) is 11.5 Å². The molecule has 1 aliphatic rings. The van der Waals surface area contributed by atoms with Gasteiger partial charge in [0.2, 0.25) is 0 Å². The van der Waals surface area contributed by atoms with Gasteiger partial charge in [0.25, 0.3) is 5.78 Å². The number of benzene rings is 3. The lowest BCUT2D eigenvalue weighted by Crippen LogP contribution is -2.29. The van der Waals surface area contributed by atoms with Crippen LogP contribution in [0, 0.1) is 6.92 Å². The Labute approximate surface area is 212 Å². The molecule has 1 N–H and O–H groups in total. The van der Waals surface area contributed by atoms with Gasteiger partial charge in [0.1, 0.15) is 17.3 Å². The van der Waals surface area contributed by atoms with Gasteiger partial charge in [0.05, 0.1) is 35.5 Å². The molecule has 7 nitrogen and oxygen atoms in total. The lowest BCUT2D eigenvalue weighted by Gasteiger charge is -2.23. The second-order valence-electron chi connectivity index (χ2n) is 8.37. The molecule has 182 valence electrons. The Balaban J connectivity index is 1.68. The average molecular weight is 501 g/mol. The molecule has 1 aromatic heterocycles. The highest BCUT2D eigenvalue weighted by molar-refractivity contribution is 7.22. The number of ketones is 1. The number of rotatable bonds is 6. The number of aromatic nitrogens is 1. The van der Waals surface area contributed by atoms with E-state index >= 15 is 0 Å². The topological polar surface area (TPSA) is 89.0 Å². The molecule has 0 aliphatic carbocycles. The van der Waals surface area contributed by atoms with Crippen LogP contribution in [0.2, 0.25) is 0 Å². The van der Waals surface area contributed by atoms with Crippen LogP contribution in [0.1, 0.15) is 29.7 Å². The highest BCUT2D eigenvalue weighted by atomic mass is 32.1. The molecule has 2 heterocycles. The van der Waals surface area contributed by atoms with Gasteiger partial charge in [-0.2, -0.15) is 0 Å². The van der Waals surface area contributed by atoms with Crippen molar-refractivity contribution in [2.24, 2.45) is 0 Å². The number of amides is 1. The van der Waals surface area contributed by atoms with Gasteiger partial charge in [0.15, 0.2) is 5.13 Å². The third kappa shape index (κ3) is 4.09. The minimum absolute atomic E-state index is 0.00441. The van der Waals surface area contributed by atoms with Gasteiger partial charge >= 0.3 is 5.91 Å². The number of aryl methyl sites for hydroxylation is 1. The summed E-state index contributed by atoms with van der Waals surface area (Å²) in [7, 11) is 1.57. The number of Topliss-reactive ketones (excluding diaryl/α,β-unsaturated/α-hetero) is 1. The van der Waals surface area contributed by atoms with E-state index in [-0.39, 0.29) is 11.3 Å². The van der Waals surface area contributed by atoms with E-state index in [1.807, 2.05) is 32.0 Å². The lowest BCUT2D eigenvalue weighted by atomic mass is 9.95. The van der Waals surface area contributed by atoms with Crippen molar-refractivity contribution in [2.45, 2.75) is 19.9 Å². The van der Waals surface area contributed by atoms with E-state index in [0.29, 0.717) is 34.4 Å². The molecule has 0 spiro atoms. The fourth-order valence-electron chi connectivity index (χ4n) is 4.29. The standard InChI is InChI=1S/C28H24N2O5S/c1-4-35-20-12-8-18(9-13-20)25(31)23-24(17-6-10-19(34-3)11-7-17)30(27(33)26(23)32)28-29-21-14-5-16(2)15-22(21)36-28/h5-15,24,31H,4H2,1-3H3. The fraction of sp³-hybridized carbons (Fsp3) is 0.179. The van der Waals surface area contributed by atoms with E-state index in [0.717, 1.165) is 15.8 Å². The summed E-state index contributed by atoms with van der Waals surface area (Å²) in [6.45, 7) is 4.38. The first kappa shape index (κ1) is 23.6. The number of hydrogen-bond acceptors (Lipinski definition) is 7. The third-order valence-corrected chi connectivity index (χ3v) is 7.07. The molecule has 0 bridgehead atoms. The number of methoxy groups -OCH3 is 1. The molecule has 8 heteroatoms. The number of fused-ring (bicyclic) bond motifs is 1. The minimum Gasteiger partial charge on any atom is -0.507 e. The summed E-state index contributed by atoms with van der Waals surface area (Å²) in [5, 5.41) is 11.7. The summed E-state index contributed by atoms with van der Waals surface area (Å²) in [6.07, 6.45) is 0. The Kier molecular flexibility index (Phi) is 6.20. The fourth-order valence-corrected chi connectivity index (χ4v) is 5.38. The molecule has 5 rings (SSSR count). The van der Waals surface area contributed by atoms with Gasteiger partial charge in [0, 0.05) is 5.56 Å². The number of nitrogens with zero attached hydrogens (tertiary/aromatic N) is 2. The number of ether oxygens (including phenoxy) is 2. The average Bonchev–Trinajstić information content (AvgIpc) is 3.42.